The zero-order valence-corrected chi connectivity index (χ0v) is 24.9. The lowest BCUT2D eigenvalue weighted by Crippen LogP contribution is -2.43. The van der Waals surface area contributed by atoms with Gasteiger partial charge in [0.15, 0.2) is 0 Å². The number of unbranched alkanes of at least 4 members (excludes halogenated alkanes) is 15. The Kier molecular flexibility index (Phi) is 14.5. The lowest BCUT2D eigenvalue weighted by Gasteiger charge is -2.44. The predicted molar refractivity (Wildman–Crippen MR) is 167 cm³/mol. The first kappa shape index (κ1) is 30.0. The molecule has 0 fully saturated rings. The standard InChI is InChI=1S/C36H59N/c1-4-7-10-13-16-19-26-32-33-27-22-24-31-25-23-29-35(36(31)33)37(30-21-18-15-12-9-6-3)34(32)28-20-17-14-11-8-5-2/h22-25,27,29,32,34H,4-21,26,28,30H2,1-3H3. The van der Waals surface area contributed by atoms with Gasteiger partial charge in [-0.05, 0) is 36.3 Å². The van der Waals surface area contributed by atoms with E-state index in [1.807, 2.05) is 0 Å². The third kappa shape index (κ3) is 9.33. The first-order valence-electron chi connectivity index (χ1n) is 16.6. The molecular weight excluding hydrogens is 446 g/mol. The van der Waals surface area contributed by atoms with Crippen LogP contribution in [-0.2, 0) is 0 Å². The maximum absolute atomic E-state index is 2.91. The number of rotatable bonds is 21. The van der Waals surface area contributed by atoms with Crippen molar-refractivity contribution in [3.05, 3.63) is 42.0 Å². The summed E-state index contributed by atoms with van der Waals surface area (Å²) >= 11 is 0. The molecule has 2 unspecified atom stereocenters. The van der Waals surface area contributed by atoms with Crippen LogP contribution in [0.15, 0.2) is 36.4 Å². The summed E-state index contributed by atoms with van der Waals surface area (Å²) in [5.74, 6) is 0.695. The monoisotopic (exact) mass is 505 g/mol. The van der Waals surface area contributed by atoms with Gasteiger partial charge in [-0.25, -0.2) is 0 Å². The van der Waals surface area contributed by atoms with E-state index in [1.165, 1.54) is 146 Å². The van der Waals surface area contributed by atoms with Crippen molar-refractivity contribution >= 4 is 16.5 Å². The lowest BCUT2D eigenvalue weighted by molar-refractivity contribution is 0.399. The van der Waals surface area contributed by atoms with Gasteiger partial charge in [-0.1, -0.05) is 160 Å². The van der Waals surface area contributed by atoms with E-state index in [2.05, 4.69) is 62.1 Å². The molecule has 37 heavy (non-hydrogen) atoms. The largest absolute Gasteiger partial charge is 0.367 e. The van der Waals surface area contributed by atoms with Crippen molar-refractivity contribution in [3.8, 4) is 0 Å². The van der Waals surface area contributed by atoms with Crippen LogP contribution in [-0.4, -0.2) is 12.6 Å². The van der Waals surface area contributed by atoms with Gasteiger partial charge in [-0.3, -0.25) is 0 Å². The fourth-order valence-corrected chi connectivity index (χ4v) is 6.83. The van der Waals surface area contributed by atoms with Crippen molar-refractivity contribution < 1.29 is 0 Å². The summed E-state index contributed by atoms with van der Waals surface area (Å²) < 4.78 is 0. The van der Waals surface area contributed by atoms with E-state index in [0.29, 0.717) is 12.0 Å². The van der Waals surface area contributed by atoms with Gasteiger partial charge in [0.2, 0.25) is 0 Å². The van der Waals surface area contributed by atoms with Crippen LogP contribution in [0, 0.1) is 0 Å². The highest BCUT2D eigenvalue weighted by Gasteiger charge is 2.34. The van der Waals surface area contributed by atoms with Crippen molar-refractivity contribution in [2.45, 2.75) is 161 Å². The number of anilines is 1. The molecular formula is C36H59N. The Morgan fingerprint density at radius 1 is 0.541 bits per heavy atom. The maximum atomic E-state index is 2.91. The maximum Gasteiger partial charge on any atom is 0.0451 e. The smallest absolute Gasteiger partial charge is 0.0451 e. The molecule has 2 aromatic carbocycles. The Morgan fingerprint density at radius 2 is 1.05 bits per heavy atom. The van der Waals surface area contributed by atoms with Crippen LogP contribution in [0.4, 0.5) is 5.69 Å². The fraction of sp³-hybridized carbons (Fsp3) is 0.722. The molecule has 1 aliphatic rings. The van der Waals surface area contributed by atoms with Gasteiger partial charge in [0, 0.05) is 29.6 Å². The quantitative estimate of drug-likeness (QED) is 0.152. The molecule has 0 N–H and O–H groups in total. The zero-order valence-electron chi connectivity index (χ0n) is 24.9. The van der Waals surface area contributed by atoms with Crippen LogP contribution in [0.1, 0.15) is 161 Å². The zero-order chi connectivity index (χ0) is 26.1. The molecule has 1 heteroatoms. The fourth-order valence-electron chi connectivity index (χ4n) is 6.83. The second kappa shape index (κ2) is 17.9. The minimum atomic E-state index is 0.679. The van der Waals surface area contributed by atoms with Gasteiger partial charge >= 0.3 is 0 Å². The van der Waals surface area contributed by atoms with Gasteiger partial charge < -0.3 is 4.90 Å². The van der Waals surface area contributed by atoms with Gasteiger partial charge in [-0.2, -0.15) is 0 Å². The van der Waals surface area contributed by atoms with E-state index in [1.54, 1.807) is 10.9 Å². The molecule has 0 amide bonds. The molecule has 2 aromatic rings. The van der Waals surface area contributed by atoms with Gasteiger partial charge in [0.05, 0.1) is 0 Å². The summed E-state index contributed by atoms with van der Waals surface area (Å²) in [5.41, 5.74) is 3.20. The van der Waals surface area contributed by atoms with E-state index >= 15 is 0 Å². The molecule has 1 heterocycles. The van der Waals surface area contributed by atoms with Crippen LogP contribution in [0.5, 0.6) is 0 Å². The summed E-state index contributed by atoms with van der Waals surface area (Å²) in [6, 6.07) is 15.0. The van der Waals surface area contributed by atoms with E-state index in [4.69, 9.17) is 0 Å². The molecule has 0 saturated carbocycles. The number of benzene rings is 2. The van der Waals surface area contributed by atoms with Crippen LogP contribution in [0.25, 0.3) is 10.8 Å². The summed E-state index contributed by atoms with van der Waals surface area (Å²) in [5, 5.41) is 3.03. The number of hydrogen-bond donors (Lipinski definition) is 0. The average Bonchev–Trinajstić information content (AvgIpc) is 2.92. The molecule has 2 atom stereocenters. The lowest BCUT2D eigenvalue weighted by atomic mass is 9.77. The first-order valence-corrected chi connectivity index (χ1v) is 16.6. The summed E-state index contributed by atoms with van der Waals surface area (Å²) in [4.78, 5) is 2.91. The van der Waals surface area contributed by atoms with E-state index in [-0.39, 0.29) is 0 Å². The van der Waals surface area contributed by atoms with Crippen molar-refractivity contribution in [2.24, 2.45) is 0 Å². The number of nitrogens with zero attached hydrogens (tertiary/aromatic N) is 1. The third-order valence-electron chi connectivity index (χ3n) is 8.96. The van der Waals surface area contributed by atoms with Crippen LogP contribution in [0.3, 0.4) is 0 Å². The highest BCUT2D eigenvalue weighted by Crippen LogP contribution is 2.46. The van der Waals surface area contributed by atoms with Crippen LogP contribution in [0.2, 0.25) is 0 Å². The van der Waals surface area contributed by atoms with Crippen LogP contribution < -0.4 is 4.90 Å². The van der Waals surface area contributed by atoms with Crippen molar-refractivity contribution in [1.29, 1.82) is 0 Å². The molecule has 1 aliphatic heterocycles. The van der Waals surface area contributed by atoms with Gasteiger partial charge in [0.1, 0.15) is 0 Å². The molecule has 208 valence electrons. The summed E-state index contributed by atoms with van der Waals surface area (Å²) in [6.45, 7) is 8.22. The van der Waals surface area contributed by atoms with Crippen molar-refractivity contribution in [1.82, 2.24) is 0 Å². The van der Waals surface area contributed by atoms with Gasteiger partial charge in [-0.15, -0.1) is 0 Å². The Balaban J connectivity index is 1.77. The van der Waals surface area contributed by atoms with Gasteiger partial charge in [0.25, 0.3) is 0 Å². The van der Waals surface area contributed by atoms with Crippen molar-refractivity contribution in [2.75, 3.05) is 11.4 Å². The predicted octanol–water partition coefficient (Wildman–Crippen LogP) is 12.0. The minimum absolute atomic E-state index is 0.679. The number of hydrogen-bond acceptors (Lipinski definition) is 1. The van der Waals surface area contributed by atoms with E-state index in [0.717, 1.165) is 0 Å². The topological polar surface area (TPSA) is 3.24 Å². The Labute approximate surface area is 230 Å². The van der Waals surface area contributed by atoms with E-state index in [9.17, 15) is 0 Å². The minimum Gasteiger partial charge on any atom is -0.367 e. The SMILES string of the molecule is CCCCCCCCC1c2cccc3cccc(c23)N(CCCCCCCC)C1CCCCCCCC. The Hall–Kier alpha value is -1.50. The third-order valence-corrected chi connectivity index (χ3v) is 8.96. The summed E-state index contributed by atoms with van der Waals surface area (Å²) in [6.07, 6.45) is 27.8. The van der Waals surface area contributed by atoms with Crippen LogP contribution >= 0.6 is 0 Å². The molecule has 0 spiro atoms. The molecule has 0 saturated heterocycles. The molecule has 0 bridgehead atoms. The highest BCUT2D eigenvalue weighted by molar-refractivity contribution is 5.98. The Bertz CT molecular complexity index is 796. The Morgan fingerprint density at radius 3 is 1.68 bits per heavy atom. The average molecular weight is 506 g/mol. The molecule has 1 nitrogen and oxygen atoms in total. The van der Waals surface area contributed by atoms with E-state index < -0.39 is 0 Å². The highest BCUT2D eigenvalue weighted by atomic mass is 15.2. The molecule has 0 aliphatic carbocycles. The second-order valence-electron chi connectivity index (χ2n) is 12.0. The normalized spacial score (nSPS) is 17.1. The van der Waals surface area contributed by atoms with Crippen molar-refractivity contribution in [3.63, 3.8) is 0 Å². The molecule has 3 rings (SSSR count). The molecule has 0 aromatic heterocycles. The molecule has 0 radical (unpaired) electrons. The second-order valence-corrected chi connectivity index (χ2v) is 12.0. The summed E-state index contributed by atoms with van der Waals surface area (Å²) in [7, 11) is 0. The first-order chi connectivity index (χ1) is 18.3.